The number of Topliss-reactive ketones (excluding diaryl/α,β-unsaturated/α-hetero) is 1. The number of carbonyl (C=O) groups is 3. The summed E-state index contributed by atoms with van der Waals surface area (Å²) in [4.78, 5) is 37.5. The van der Waals surface area contributed by atoms with Crippen molar-refractivity contribution in [2.24, 2.45) is 0 Å². The Morgan fingerprint density at radius 3 is 2.64 bits per heavy atom. The first-order chi connectivity index (χ1) is 15.8. The molecule has 0 fully saturated rings. The molecule has 3 aromatic rings. The Bertz CT molecular complexity index is 1210. The van der Waals surface area contributed by atoms with Gasteiger partial charge in [-0.2, -0.15) is 0 Å². The number of esters is 1. The Morgan fingerprint density at radius 2 is 2.00 bits per heavy atom. The first kappa shape index (κ1) is 24.9. The number of nitrogens with one attached hydrogen (secondary N) is 1. The number of ketones is 1. The van der Waals surface area contributed by atoms with E-state index in [0.717, 1.165) is 16.9 Å². The fourth-order valence-electron chi connectivity index (χ4n) is 3.20. The van der Waals surface area contributed by atoms with Crippen molar-refractivity contribution in [3.05, 3.63) is 45.3 Å². The second kappa shape index (κ2) is 11.0. The van der Waals surface area contributed by atoms with Gasteiger partial charge in [-0.1, -0.05) is 35.5 Å². The number of hydrogen-bond donors (Lipinski definition) is 1. The molecule has 0 aliphatic carbocycles. The van der Waals surface area contributed by atoms with Gasteiger partial charge < -0.3 is 14.6 Å². The van der Waals surface area contributed by atoms with Crippen LogP contribution in [0.25, 0.3) is 11.4 Å². The summed E-state index contributed by atoms with van der Waals surface area (Å²) in [6, 6.07) is 7.32. The van der Waals surface area contributed by atoms with Gasteiger partial charge in [0.15, 0.2) is 16.8 Å². The highest BCUT2D eigenvalue weighted by atomic mass is 35.5. The van der Waals surface area contributed by atoms with Gasteiger partial charge in [-0.15, -0.1) is 21.5 Å². The van der Waals surface area contributed by atoms with E-state index in [-0.39, 0.29) is 29.6 Å². The molecular weight excluding hydrogens is 484 g/mol. The minimum Gasteiger partial charge on any atom is -0.462 e. The summed E-state index contributed by atoms with van der Waals surface area (Å²) in [5, 5.41) is 12.7. The number of benzene rings is 1. The van der Waals surface area contributed by atoms with Crippen molar-refractivity contribution in [2.75, 3.05) is 17.7 Å². The highest BCUT2D eigenvalue weighted by Gasteiger charge is 2.25. The number of hydrogen-bond acceptors (Lipinski definition) is 8. The van der Waals surface area contributed by atoms with Crippen molar-refractivity contribution in [2.45, 2.75) is 39.4 Å². The molecule has 0 saturated carbocycles. The molecule has 0 unspecified atom stereocenters. The van der Waals surface area contributed by atoms with E-state index < -0.39 is 5.97 Å². The average molecular weight is 507 g/mol. The maximum atomic E-state index is 12.7. The molecule has 3 rings (SSSR count). The highest BCUT2D eigenvalue weighted by Crippen LogP contribution is 2.34. The van der Waals surface area contributed by atoms with Gasteiger partial charge in [-0.3, -0.25) is 9.59 Å². The van der Waals surface area contributed by atoms with E-state index in [1.165, 1.54) is 18.7 Å². The number of anilines is 1. The molecule has 174 valence electrons. The van der Waals surface area contributed by atoms with E-state index in [0.29, 0.717) is 38.0 Å². The van der Waals surface area contributed by atoms with Gasteiger partial charge in [0.1, 0.15) is 5.00 Å². The van der Waals surface area contributed by atoms with E-state index in [1.54, 1.807) is 19.9 Å². The Labute approximate surface area is 204 Å². The van der Waals surface area contributed by atoms with Crippen molar-refractivity contribution in [1.82, 2.24) is 14.8 Å². The monoisotopic (exact) mass is 506 g/mol. The van der Waals surface area contributed by atoms with Crippen molar-refractivity contribution < 1.29 is 19.1 Å². The van der Waals surface area contributed by atoms with Crippen molar-refractivity contribution in [3.63, 3.8) is 0 Å². The summed E-state index contributed by atoms with van der Waals surface area (Å²) in [7, 11) is 0. The predicted octanol–water partition coefficient (Wildman–Crippen LogP) is 5.10. The lowest BCUT2D eigenvalue weighted by atomic mass is 10.1. The van der Waals surface area contributed by atoms with Crippen LogP contribution in [0.15, 0.2) is 29.4 Å². The van der Waals surface area contributed by atoms with E-state index in [9.17, 15) is 14.4 Å². The standard InChI is InChI=1S/C22H23ClN4O4S2/c1-5-27-19(14-8-7-9-15(23)10-14)25-26-22(27)32-11-16(29)24-20-17(21(30)31-6-2)12(3)18(33-20)13(4)28/h7-10H,5-6,11H2,1-4H3,(H,24,29). The summed E-state index contributed by atoms with van der Waals surface area (Å²) < 4.78 is 7.01. The largest absolute Gasteiger partial charge is 0.462 e. The lowest BCUT2D eigenvalue weighted by Gasteiger charge is -2.08. The second-order valence-electron chi connectivity index (χ2n) is 6.93. The fraction of sp³-hybridized carbons (Fsp3) is 0.318. The third kappa shape index (κ3) is 5.63. The maximum Gasteiger partial charge on any atom is 0.341 e. The molecular formula is C22H23ClN4O4S2. The minimum atomic E-state index is -0.571. The highest BCUT2D eigenvalue weighted by molar-refractivity contribution is 7.99. The Morgan fingerprint density at radius 1 is 1.24 bits per heavy atom. The van der Waals surface area contributed by atoms with E-state index in [2.05, 4.69) is 15.5 Å². The van der Waals surface area contributed by atoms with Gasteiger partial charge in [-0.05, 0) is 45.4 Å². The van der Waals surface area contributed by atoms with Crippen molar-refractivity contribution in [1.29, 1.82) is 0 Å². The maximum absolute atomic E-state index is 12.7. The van der Waals surface area contributed by atoms with Gasteiger partial charge in [0.05, 0.1) is 22.8 Å². The second-order valence-corrected chi connectivity index (χ2v) is 9.33. The molecule has 2 heterocycles. The lowest BCUT2D eigenvalue weighted by molar-refractivity contribution is -0.113. The average Bonchev–Trinajstić information content (AvgIpc) is 3.33. The zero-order valence-corrected chi connectivity index (χ0v) is 21.0. The molecule has 8 nitrogen and oxygen atoms in total. The zero-order valence-electron chi connectivity index (χ0n) is 18.6. The van der Waals surface area contributed by atoms with Crippen LogP contribution in [0.2, 0.25) is 5.02 Å². The van der Waals surface area contributed by atoms with Crippen LogP contribution >= 0.6 is 34.7 Å². The Kier molecular flexibility index (Phi) is 8.28. The van der Waals surface area contributed by atoms with Crippen LogP contribution in [-0.4, -0.2) is 44.8 Å². The summed E-state index contributed by atoms with van der Waals surface area (Å²) >= 11 is 8.39. The van der Waals surface area contributed by atoms with E-state index in [4.69, 9.17) is 16.3 Å². The van der Waals surface area contributed by atoms with Crippen LogP contribution in [0.4, 0.5) is 5.00 Å². The van der Waals surface area contributed by atoms with Crippen molar-refractivity contribution in [3.8, 4) is 11.4 Å². The third-order valence-corrected chi connectivity index (χ3v) is 7.16. The molecule has 0 radical (unpaired) electrons. The minimum absolute atomic E-state index is 0.0439. The quantitative estimate of drug-likeness (QED) is 0.244. The number of amides is 1. The van der Waals surface area contributed by atoms with Gasteiger partial charge in [-0.25, -0.2) is 4.79 Å². The molecule has 11 heteroatoms. The molecule has 0 spiro atoms. The number of aromatic nitrogens is 3. The molecule has 2 aromatic heterocycles. The number of thioether (sulfide) groups is 1. The number of ether oxygens (including phenoxy) is 1. The normalized spacial score (nSPS) is 10.8. The summed E-state index contributed by atoms with van der Waals surface area (Å²) in [5.41, 5.74) is 1.55. The van der Waals surface area contributed by atoms with Gasteiger partial charge in [0.25, 0.3) is 0 Å². The third-order valence-electron chi connectivity index (χ3n) is 4.65. The predicted molar refractivity (Wildman–Crippen MR) is 131 cm³/mol. The SMILES string of the molecule is CCOC(=O)c1c(NC(=O)CSc2nnc(-c3cccc(Cl)c3)n2CC)sc(C(C)=O)c1C. The molecule has 33 heavy (non-hydrogen) atoms. The lowest BCUT2D eigenvalue weighted by Crippen LogP contribution is -2.17. The van der Waals surface area contributed by atoms with Crippen LogP contribution in [0.3, 0.4) is 0 Å². The zero-order chi connectivity index (χ0) is 24.1. The first-order valence-electron chi connectivity index (χ1n) is 10.2. The van der Waals surface area contributed by atoms with Crippen LogP contribution in [0.5, 0.6) is 0 Å². The molecule has 1 amide bonds. The topological polar surface area (TPSA) is 103 Å². The molecule has 1 N–H and O–H groups in total. The number of rotatable bonds is 9. The van der Waals surface area contributed by atoms with E-state index in [1.807, 2.05) is 29.7 Å². The van der Waals surface area contributed by atoms with Gasteiger partial charge in [0, 0.05) is 17.1 Å². The van der Waals surface area contributed by atoms with Crippen LogP contribution < -0.4 is 5.32 Å². The van der Waals surface area contributed by atoms with Crippen LogP contribution in [0, 0.1) is 6.92 Å². The Balaban J connectivity index is 1.77. The number of halogens is 1. The molecule has 0 aliphatic heterocycles. The van der Waals surface area contributed by atoms with Crippen LogP contribution in [0.1, 0.15) is 46.4 Å². The van der Waals surface area contributed by atoms with E-state index >= 15 is 0 Å². The summed E-state index contributed by atoms with van der Waals surface area (Å²) in [6.07, 6.45) is 0. The molecule has 0 saturated heterocycles. The Hall–Kier alpha value is -2.69. The summed E-state index contributed by atoms with van der Waals surface area (Å²) in [6.45, 7) is 7.55. The van der Waals surface area contributed by atoms with Gasteiger partial charge in [0.2, 0.25) is 5.91 Å². The van der Waals surface area contributed by atoms with Gasteiger partial charge >= 0.3 is 5.97 Å². The number of carbonyl (C=O) groups excluding carboxylic acids is 3. The molecule has 0 aliphatic rings. The van der Waals surface area contributed by atoms with Crippen LogP contribution in [-0.2, 0) is 16.1 Å². The number of nitrogens with zero attached hydrogens (tertiary/aromatic N) is 3. The smallest absolute Gasteiger partial charge is 0.341 e. The van der Waals surface area contributed by atoms with Crippen molar-refractivity contribution >= 4 is 57.4 Å². The number of thiophene rings is 1. The first-order valence-corrected chi connectivity index (χ1v) is 12.4. The fourth-order valence-corrected chi connectivity index (χ4v) is 5.30. The molecule has 1 aromatic carbocycles. The molecule has 0 bridgehead atoms. The summed E-state index contributed by atoms with van der Waals surface area (Å²) in [5.74, 6) is -0.382. The molecule has 0 atom stereocenters.